The van der Waals surface area contributed by atoms with E-state index in [0.717, 1.165) is 25.9 Å². The van der Waals surface area contributed by atoms with Gasteiger partial charge in [-0.05, 0) is 25.8 Å². The van der Waals surface area contributed by atoms with Gasteiger partial charge in [0.25, 0.3) is 5.91 Å². The summed E-state index contributed by atoms with van der Waals surface area (Å²) in [5.41, 5.74) is 11.9. The number of nitrogens with two attached hydrogens (primary N) is 2. The van der Waals surface area contributed by atoms with Crippen LogP contribution in [0.1, 0.15) is 30.1 Å². The highest BCUT2D eigenvalue weighted by Crippen LogP contribution is 2.24. The number of carbonyl (C=O) groups excluding carboxylic acids is 1. The molecule has 4 N–H and O–H groups in total. The molecule has 6 nitrogen and oxygen atoms in total. The first-order valence-electron chi connectivity index (χ1n) is 6.53. The molecule has 1 aliphatic heterocycles. The third-order valence-electron chi connectivity index (χ3n) is 3.23. The van der Waals surface area contributed by atoms with E-state index in [1.807, 2.05) is 11.8 Å². The van der Waals surface area contributed by atoms with Crippen molar-refractivity contribution < 1.29 is 9.53 Å². The average molecular weight is 264 g/mol. The fraction of sp³-hybridized carbons (Fsp3) is 0.538. The first-order valence-corrected chi connectivity index (χ1v) is 6.53. The SMILES string of the molecule is CCOC1CCCN(c2ncc(N)cc2C(N)=O)C1. The lowest BCUT2D eigenvalue weighted by atomic mass is 10.1. The molecule has 1 fully saturated rings. The minimum Gasteiger partial charge on any atom is -0.397 e. The highest BCUT2D eigenvalue weighted by Gasteiger charge is 2.24. The number of ether oxygens (including phenoxy) is 1. The molecule has 0 saturated carbocycles. The Morgan fingerprint density at radius 1 is 1.63 bits per heavy atom. The van der Waals surface area contributed by atoms with Crippen molar-refractivity contribution in [1.82, 2.24) is 4.98 Å². The van der Waals surface area contributed by atoms with Gasteiger partial charge in [0.1, 0.15) is 5.82 Å². The molecule has 1 unspecified atom stereocenters. The first-order chi connectivity index (χ1) is 9.11. The van der Waals surface area contributed by atoms with Crippen molar-refractivity contribution in [3.63, 3.8) is 0 Å². The summed E-state index contributed by atoms with van der Waals surface area (Å²) < 4.78 is 5.65. The van der Waals surface area contributed by atoms with Crippen LogP contribution in [0.25, 0.3) is 0 Å². The smallest absolute Gasteiger partial charge is 0.252 e. The van der Waals surface area contributed by atoms with Crippen LogP contribution < -0.4 is 16.4 Å². The van der Waals surface area contributed by atoms with Crippen LogP contribution in [0.3, 0.4) is 0 Å². The Labute approximate surface area is 112 Å². The van der Waals surface area contributed by atoms with Gasteiger partial charge in [-0.25, -0.2) is 4.98 Å². The van der Waals surface area contributed by atoms with Crippen LogP contribution in [0.2, 0.25) is 0 Å². The number of primary amides is 1. The number of carbonyl (C=O) groups is 1. The van der Waals surface area contributed by atoms with E-state index in [0.29, 0.717) is 23.7 Å². The maximum Gasteiger partial charge on any atom is 0.252 e. The van der Waals surface area contributed by atoms with Gasteiger partial charge in [0.2, 0.25) is 0 Å². The molecule has 0 radical (unpaired) electrons. The lowest BCUT2D eigenvalue weighted by molar-refractivity contribution is 0.0524. The van der Waals surface area contributed by atoms with Crippen LogP contribution in [-0.2, 0) is 4.74 Å². The van der Waals surface area contributed by atoms with Crippen LogP contribution >= 0.6 is 0 Å². The zero-order valence-electron chi connectivity index (χ0n) is 11.1. The summed E-state index contributed by atoms with van der Waals surface area (Å²) in [6.07, 6.45) is 3.77. The number of amides is 1. The molecule has 0 aromatic carbocycles. The van der Waals surface area contributed by atoms with Gasteiger partial charge < -0.3 is 21.1 Å². The fourth-order valence-corrected chi connectivity index (χ4v) is 2.41. The number of hydrogen-bond donors (Lipinski definition) is 2. The summed E-state index contributed by atoms with van der Waals surface area (Å²) >= 11 is 0. The molecule has 0 bridgehead atoms. The molecule has 1 amide bonds. The quantitative estimate of drug-likeness (QED) is 0.837. The van der Waals surface area contributed by atoms with E-state index in [1.54, 1.807) is 12.3 Å². The summed E-state index contributed by atoms with van der Waals surface area (Å²) in [6.45, 7) is 4.25. The van der Waals surface area contributed by atoms with Crippen molar-refractivity contribution in [2.24, 2.45) is 5.73 Å². The molecule has 2 rings (SSSR count). The number of rotatable bonds is 4. The molecule has 6 heteroatoms. The number of piperidine rings is 1. The summed E-state index contributed by atoms with van der Waals surface area (Å²) in [4.78, 5) is 17.8. The van der Waals surface area contributed by atoms with E-state index in [2.05, 4.69) is 4.98 Å². The van der Waals surface area contributed by atoms with Gasteiger partial charge >= 0.3 is 0 Å². The maximum absolute atomic E-state index is 11.5. The van der Waals surface area contributed by atoms with Crippen molar-refractivity contribution in [2.45, 2.75) is 25.9 Å². The molecular weight excluding hydrogens is 244 g/mol. The second-order valence-corrected chi connectivity index (χ2v) is 4.67. The molecule has 1 saturated heterocycles. The van der Waals surface area contributed by atoms with Gasteiger partial charge in [-0.1, -0.05) is 0 Å². The molecule has 0 aliphatic carbocycles. The highest BCUT2D eigenvalue weighted by molar-refractivity contribution is 5.98. The summed E-state index contributed by atoms with van der Waals surface area (Å²) in [5.74, 6) is 0.0967. The van der Waals surface area contributed by atoms with Gasteiger partial charge in [-0.2, -0.15) is 0 Å². The predicted molar refractivity (Wildman–Crippen MR) is 74.0 cm³/mol. The number of nitrogen functional groups attached to an aromatic ring is 1. The van der Waals surface area contributed by atoms with Gasteiger partial charge in [-0.3, -0.25) is 4.79 Å². The van der Waals surface area contributed by atoms with Crippen LogP contribution in [0.15, 0.2) is 12.3 Å². The Bertz CT molecular complexity index is 462. The van der Waals surface area contributed by atoms with E-state index in [9.17, 15) is 4.79 Å². The topological polar surface area (TPSA) is 94.5 Å². The zero-order valence-corrected chi connectivity index (χ0v) is 11.1. The van der Waals surface area contributed by atoms with Crippen molar-refractivity contribution in [2.75, 3.05) is 30.3 Å². The van der Waals surface area contributed by atoms with E-state index >= 15 is 0 Å². The third-order valence-corrected chi connectivity index (χ3v) is 3.23. The normalized spacial score (nSPS) is 19.4. The van der Waals surface area contributed by atoms with E-state index in [-0.39, 0.29) is 6.10 Å². The lowest BCUT2D eigenvalue weighted by Crippen LogP contribution is -2.41. The Morgan fingerprint density at radius 2 is 2.42 bits per heavy atom. The van der Waals surface area contributed by atoms with Crippen LogP contribution in [0.5, 0.6) is 0 Å². The second-order valence-electron chi connectivity index (χ2n) is 4.67. The molecule has 1 atom stereocenters. The van der Waals surface area contributed by atoms with E-state index < -0.39 is 5.91 Å². The molecule has 2 heterocycles. The van der Waals surface area contributed by atoms with Gasteiger partial charge in [0.15, 0.2) is 0 Å². The van der Waals surface area contributed by atoms with E-state index in [1.165, 1.54) is 0 Å². The highest BCUT2D eigenvalue weighted by atomic mass is 16.5. The molecule has 104 valence electrons. The van der Waals surface area contributed by atoms with Gasteiger partial charge in [-0.15, -0.1) is 0 Å². The third kappa shape index (κ3) is 3.14. The molecule has 19 heavy (non-hydrogen) atoms. The lowest BCUT2D eigenvalue weighted by Gasteiger charge is -2.34. The van der Waals surface area contributed by atoms with Crippen LogP contribution in [0.4, 0.5) is 11.5 Å². The van der Waals surface area contributed by atoms with Crippen molar-refractivity contribution in [1.29, 1.82) is 0 Å². The van der Waals surface area contributed by atoms with Gasteiger partial charge in [0.05, 0.1) is 23.6 Å². The van der Waals surface area contributed by atoms with Crippen molar-refractivity contribution >= 4 is 17.4 Å². The van der Waals surface area contributed by atoms with Crippen LogP contribution in [-0.4, -0.2) is 36.7 Å². The van der Waals surface area contributed by atoms with Crippen molar-refractivity contribution in [3.05, 3.63) is 17.8 Å². The zero-order chi connectivity index (χ0) is 13.8. The van der Waals surface area contributed by atoms with Gasteiger partial charge in [0, 0.05) is 19.7 Å². The number of anilines is 2. The number of hydrogen-bond acceptors (Lipinski definition) is 5. The molecule has 0 spiro atoms. The Hall–Kier alpha value is -1.82. The summed E-state index contributed by atoms with van der Waals surface area (Å²) in [5, 5.41) is 0. The molecular formula is C13H20N4O2. The maximum atomic E-state index is 11.5. The van der Waals surface area contributed by atoms with Crippen molar-refractivity contribution in [3.8, 4) is 0 Å². The number of pyridine rings is 1. The standard InChI is InChI=1S/C13H20N4O2/c1-2-19-10-4-3-5-17(8-10)13-11(12(15)18)6-9(14)7-16-13/h6-7,10H,2-5,8,14H2,1H3,(H2,15,18). The molecule has 1 aromatic heterocycles. The summed E-state index contributed by atoms with van der Waals surface area (Å²) in [7, 11) is 0. The average Bonchev–Trinajstić information content (AvgIpc) is 2.39. The van der Waals surface area contributed by atoms with E-state index in [4.69, 9.17) is 16.2 Å². The minimum absolute atomic E-state index is 0.179. The Morgan fingerprint density at radius 3 is 3.11 bits per heavy atom. The number of aromatic nitrogens is 1. The largest absolute Gasteiger partial charge is 0.397 e. The Balaban J connectivity index is 2.23. The number of nitrogens with zero attached hydrogens (tertiary/aromatic N) is 2. The Kier molecular flexibility index (Phi) is 4.21. The monoisotopic (exact) mass is 264 g/mol. The predicted octanol–water partition coefficient (Wildman–Crippen LogP) is 0.768. The molecule has 1 aliphatic rings. The minimum atomic E-state index is -0.506. The second kappa shape index (κ2) is 5.88. The fourth-order valence-electron chi connectivity index (χ4n) is 2.41. The first kappa shape index (κ1) is 13.6. The summed E-state index contributed by atoms with van der Waals surface area (Å²) in [6, 6.07) is 1.58. The molecule has 1 aromatic rings. The van der Waals surface area contributed by atoms with Crippen LogP contribution in [0, 0.1) is 0 Å².